The monoisotopic (exact) mass is 490 g/mol. The van der Waals surface area contributed by atoms with E-state index >= 15 is 0 Å². The predicted octanol–water partition coefficient (Wildman–Crippen LogP) is 2.57. The molecular formula is C23H25ClF2N6O2. The molecule has 11 heteroatoms. The van der Waals surface area contributed by atoms with E-state index in [1.165, 1.54) is 6.07 Å². The lowest BCUT2D eigenvalue weighted by atomic mass is 9.99. The van der Waals surface area contributed by atoms with Gasteiger partial charge in [0.2, 0.25) is 11.8 Å². The zero-order valence-electron chi connectivity index (χ0n) is 18.9. The fourth-order valence-corrected chi connectivity index (χ4v) is 4.87. The summed E-state index contributed by atoms with van der Waals surface area (Å²) in [6.07, 6.45) is 2.01. The van der Waals surface area contributed by atoms with Crippen molar-refractivity contribution in [3.05, 3.63) is 40.2 Å². The summed E-state index contributed by atoms with van der Waals surface area (Å²) < 4.78 is 36.8. The van der Waals surface area contributed by atoms with E-state index in [0.29, 0.717) is 49.6 Å². The van der Waals surface area contributed by atoms with E-state index in [9.17, 15) is 13.6 Å². The molecule has 5 rings (SSSR count). The van der Waals surface area contributed by atoms with Gasteiger partial charge in [0, 0.05) is 55.7 Å². The van der Waals surface area contributed by atoms with Crippen molar-refractivity contribution in [2.45, 2.75) is 38.6 Å². The number of likely N-dealkylation sites (tertiary alicyclic amines) is 1. The molecule has 2 aromatic rings. The van der Waals surface area contributed by atoms with Gasteiger partial charge in [0.25, 0.3) is 0 Å². The standard InChI is InChI=1S/C23H25ClF2N6O2/c1-13-21(14(2)32(30-13)12-23(26)10-28-11-23)15-5-19(25)29-20(6-15)34-16-3-4-31(9-16)17-7-27-8-18(33)22(17)24/h5-7,16,28H,3-4,8-12H2,1-2H3/t16-/m1/s1. The van der Waals surface area contributed by atoms with Crippen molar-refractivity contribution in [3.63, 3.8) is 0 Å². The molecule has 2 saturated heterocycles. The molecule has 0 unspecified atom stereocenters. The molecule has 1 N–H and O–H groups in total. The minimum atomic E-state index is -1.32. The van der Waals surface area contributed by atoms with Crippen molar-refractivity contribution in [1.82, 2.24) is 25.0 Å². The number of aromatic nitrogens is 3. The highest BCUT2D eigenvalue weighted by Crippen LogP contribution is 2.32. The lowest BCUT2D eigenvalue weighted by molar-refractivity contribution is -0.113. The van der Waals surface area contributed by atoms with Crippen LogP contribution < -0.4 is 10.1 Å². The lowest BCUT2D eigenvalue weighted by Crippen LogP contribution is -2.58. The summed E-state index contributed by atoms with van der Waals surface area (Å²) in [5, 5.41) is 7.61. The van der Waals surface area contributed by atoms with Gasteiger partial charge in [-0.1, -0.05) is 11.6 Å². The highest BCUT2D eigenvalue weighted by molar-refractivity contribution is 6.44. The van der Waals surface area contributed by atoms with Gasteiger partial charge in [-0.15, -0.1) is 0 Å². The number of alkyl halides is 1. The van der Waals surface area contributed by atoms with Crippen molar-refractivity contribution in [1.29, 1.82) is 0 Å². The molecule has 0 aliphatic carbocycles. The number of carbonyl (C=O) groups is 1. The Kier molecular flexibility index (Phi) is 5.89. The first-order valence-corrected chi connectivity index (χ1v) is 11.6. The van der Waals surface area contributed by atoms with Gasteiger partial charge in [0.05, 0.1) is 24.5 Å². The fraction of sp³-hybridized carbons (Fsp3) is 0.478. The van der Waals surface area contributed by atoms with E-state index in [1.54, 1.807) is 17.0 Å². The zero-order chi connectivity index (χ0) is 24.0. The van der Waals surface area contributed by atoms with Crippen LogP contribution in [-0.2, 0) is 11.3 Å². The number of dihydropyridines is 1. The molecule has 0 spiro atoms. The summed E-state index contributed by atoms with van der Waals surface area (Å²) in [5.41, 5.74) is 2.02. The Labute approximate surface area is 200 Å². The first-order valence-electron chi connectivity index (χ1n) is 11.2. The van der Waals surface area contributed by atoms with Gasteiger partial charge < -0.3 is 15.0 Å². The number of hydrogen-bond donors (Lipinski definition) is 1. The molecule has 2 aromatic heterocycles. The second kappa shape index (κ2) is 8.74. The van der Waals surface area contributed by atoms with E-state index in [1.807, 2.05) is 18.7 Å². The minimum Gasteiger partial charge on any atom is -0.472 e. The second-order valence-corrected chi connectivity index (χ2v) is 9.42. The van der Waals surface area contributed by atoms with Crippen LogP contribution >= 0.6 is 11.6 Å². The maximum absolute atomic E-state index is 14.6. The van der Waals surface area contributed by atoms with Gasteiger partial charge in [-0.3, -0.25) is 14.5 Å². The number of Topliss-reactive ketones (excluding diaryl/α,β-unsaturated/α-hetero) is 1. The average molecular weight is 491 g/mol. The van der Waals surface area contributed by atoms with Crippen molar-refractivity contribution >= 4 is 23.6 Å². The van der Waals surface area contributed by atoms with Crippen LogP contribution in [0.3, 0.4) is 0 Å². The average Bonchev–Trinajstić information content (AvgIpc) is 3.32. The zero-order valence-corrected chi connectivity index (χ0v) is 19.7. The number of rotatable bonds is 6. The van der Waals surface area contributed by atoms with Crippen LogP contribution in [0.15, 0.2) is 27.9 Å². The molecule has 8 nitrogen and oxygen atoms in total. The molecule has 3 aliphatic rings. The quantitative estimate of drug-likeness (QED) is 0.627. The van der Waals surface area contributed by atoms with Gasteiger partial charge >= 0.3 is 0 Å². The third-order valence-corrected chi connectivity index (χ3v) is 6.85. The number of ether oxygens (including phenoxy) is 1. The summed E-state index contributed by atoms with van der Waals surface area (Å²) in [6.45, 7) is 5.57. The van der Waals surface area contributed by atoms with Gasteiger partial charge in [-0.2, -0.15) is 14.5 Å². The molecule has 5 heterocycles. The molecule has 1 atom stereocenters. The van der Waals surface area contributed by atoms with Crippen molar-refractivity contribution < 1.29 is 18.3 Å². The number of nitrogens with zero attached hydrogens (tertiary/aromatic N) is 5. The Bertz CT molecular complexity index is 1210. The molecule has 0 bridgehead atoms. The normalized spacial score (nSPS) is 21.9. The summed E-state index contributed by atoms with van der Waals surface area (Å²) in [4.78, 5) is 21.8. The van der Waals surface area contributed by atoms with Crippen LogP contribution in [0, 0.1) is 19.8 Å². The fourth-order valence-electron chi connectivity index (χ4n) is 4.64. The molecular weight excluding hydrogens is 466 g/mol. The van der Waals surface area contributed by atoms with Gasteiger partial charge in [0.1, 0.15) is 17.7 Å². The van der Waals surface area contributed by atoms with E-state index in [4.69, 9.17) is 16.3 Å². The molecule has 0 saturated carbocycles. The van der Waals surface area contributed by atoms with Crippen LogP contribution in [0.1, 0.15) is 17.8 Å². The summed E-state index contributed by atoms with van der Waals surface area (Å²) in [6, 6.07) is 3.01. The second-order valence-electron chi connectivity index (χ2n) is 9.04. The maximum Gasteiger partial charge on any atom is 0.216 e. The maximum atomic E-state index is 14.6. The third-order valence-electron chi connectivity index (χ3n) is 6.45. The largest absolute Gasteiger partial charge is 0.472 e. The van der Waals surface area contributed by atoms with Gasteiger partial charge in [-0.05, 0) is 19.4 Å². The van der Waals surface area contributed by atoms with Crippen molar-refractivity contribution in [2.24, 2.45) is 4.99 Å². The number of halogens is 3. The number of carbonyl (C=O) groups excluding carboxylic acids is 1. The van der Waals surface area contributed by atoms with E-state index in [-0.39, 0.29) is 35.9 Å². The topological polar surface area (TPSA) is 84.6 Å². The lowest BCUT2D eigenvalue weighted by Gasteiger charge is -2.35. The Balaban J connectivity index is 1.34. The van der Waals surface area contributed by atoms with Crippen LogP contribution in [0.2, 0.25) is 0 Å². The van der Waals surface area contributed by atoms with Crippen LogP contribution in [0.25, 0.3) is 11.1 Å². The number of ketones is 1. The highest BCUT2D eigenvalue weighted by atomic mass is 35.5. The molecule has 0 aromatic carbocycles. The molecule has 3 aliphatic heterocycles. The Hall–Kier alpha value is -2.85. The molecule has 0 radical (unpaired) electrons. The molecule has 34 heavy (non-hydrogen) atoms. The number of hydrogen-bond acceptors (Lipinski definition) is 7. The van der Waals surface area contributed by atoms with Crippen LogP contribution in [0.4, 0.5) is 8.78 Å². The molecule has 180 valence electrons. The van der Waals surface area contributed by atoms with Crippen molar-refractivity contribution in [2.75, 3.05) is 32.7 Å². The predicted molar refractivity (Wildman–Crippen MR) is 123 cm³/mol. The number of aliphatic imine (C=N–C) groups is 1. The summed E-state index contributed by atoms with van der Waals surface area (Å²) in [5.74, 6) is -0.722. The van der Waals surface area contributed by atoms with E-state index in [0.717, 1.165) is 11.3 Å². The number of nitrogens with one attached hydrogen (secondary N) is 1. The Morgan fingerprint density at radius 1 is 1.32 bits per heavy atom. The molecule has 0 amide bonds. The SMILES string of the molecule is Cc1nn(CC2(F)CNC2)c(C)c1-c1cc(F)nc(O[C@@H]2CCN(C3=C(Cl)C(=O)CN=C3)C2)c1. The van der Waals surface area contributed by atoms with Gasteiger partial charge in [-0.25, -0.2) is 4.39 Å². The first kappa shape index (κ1) is 22.9. The van der Waals surface area contributed by atoms with Gasteiger partial charge in [0.15, 0.2) is 11.5 Å². The Morgan fingerprint density at radius 2 is 2.12 bits per heavy atom. The van der Waals surface area contributed by atoms with Crippen LogP contribution in [0.5, 0.6) is 5.88 Å². The number of pyridine rings is 1. The minimum absolute atomic E-state index is 0.0602. The Morgan fingerprint density at radius 3 is 2.85 bits per heavy atom. The van der Waals surface area contributed by atoms with Crippen LogP contribution in [-0.4, -0.2) is 76.2 Å². The number of allylic oxidation sites excluding steroid dienone is 1. The summed E-state index contributed by atoms with van der Waals surface area (Å²) in [7, 11) is 0. The highest BCUT2D eigenvalue weighted by Gasteiger charge is 2.38. The third kappa shape index (κ3) is 4.32. The van der Waals surface area contributed by atoms with Crippen molar-refractivity contribution in [3.8, 4) is 17.0 Å². The number of aryl methyl sites for hydroxylation is 1. The smallest absolute Gasteiger partial charge is 0.216 e. The first-order chi connectivity index (χ1) is 16.2. The van der Waals surface area contributed by atoms with E-state index < -0.39 is 11.6 Å². The van der Waals surface area contributed by atoms with E-state index in [2.05, 4.69) is 20.4 Å². The molecule has 2 fully saturated rings. The summed E-state index contributed by atoms with van der Waals surface area (Å²) >= 11 is 6.17.